The molecular formula is C19H19FN2O4. The number of benzene rings is 2. The van der Waals surface area contributed by atoms with Crippen molar-refractivity contribution >= 4 is 23.5 Å². The lowest BCUT2D eigenvalue weighted by Gasteiger charge is -2.13. The highest BCUT2D eigenvalue weighted by atomic mass is 19.1. The van der Waals surface area contributed by atoms with Gasteiger partial charge in [-0.2, -0.15) is 0 Å². The highest BCUT2D eigenvalue weighted by Gasteiger charge is 2.18. The zero-order valence-electron chi connectivity index (χ0n) is 14.2. The Balaban J connectivity index is 1.80. The summed E-state index contributed by atoms with van der Waals surface area (Å²) in [4.78, 5) is 34.9. The van der Waals surface area contributed by atoms with Gasteiger partial charge in [0.15, 0.2) is 6.10 Å². The average Bonchev–Trinajstić information content (AvgIpc) is 2.61. The topological polar surface area (TPSA) is 98.5 Å². The van der Waals surface area contributed by atoms with Gasteiger partial charge in [0.25, 0.3) is 5.91 Å². The fraction of sp³-hybridized carbons (Fsp3) is 0.211. The van der Waals surface area contributed by atoms with E-state index in [1.165, 1.54) is 43.3 Å². The van der Waals surface area contributed by atoms with Crippen molar-refractivity contribution in [3.8, 4) is 0 Å². The van der Waals surface area contributed by atoms with Crippen molar-refractivity contribution in [2.24, 2.45) is 5.73 Å². The largest absolute Gasteiger partial charge is 0.453 e. The fourth-order valence-corrected chi connectivity index (χ4v) is 2.17. The van der Waals surface area contributed by atoms with Crippen LogP contribution in [0.3, 0.4) is 0 Å². The van der Waals surface area contributed by atoms with Crippen molar-refractivity contribution < 1.29 is 23.5 Å². The maximum Gasteiger partial charge on any atom is 0.306 e. The van der Waals surface area contributed by atoms with E-state index in [-0.39, 0.29) is 12.2 Å². The second-order valence-electron chi connectivity index (χ2n) is 5.69. The molecule has 0 saturated heterocycles. The number of anilines is 1. The van der Waals surface area contributed by atoms with E-state index in [0.29, 0.717) is 17.7 Å². The highest BCUT2D eigenvalue weighted by molar-refractivity contribution is 5.96. The summed E-state index contributed by atoms with van der Waals surface area (Å²) in [5.74, 6) is -1.93. The highest BCUT2D eigenvalue weighted by Crippen LogP contribution is 2.11. The molecule has 2 amide bonds. The molecule has 2 rings (SSSR count). The molecule has 0 aliphatic carbocycles. The zero-order chi connectivity index (χ0) is 19.1. The molecule has 0 spiro atoms. The van der Waals surface area contributed by atoms with Crippen LogP contribution in [-0.2, 0) is 20.7 Å². The first-order valence-electron chi connectivity index (χ1n) is 8.00. The Morgan fingerprint density at radius 2 is 1.69 bits per heavy atom. The number of amides is 2. The summed E-state index contributed by atoms with van der Waals surface area (Å²) < 4.78 is 17.9. The Hall–Kier alpha value is -3.22. The third-order valence-corrected chi connectivity index (χ3v) is 3.65. The van der Waals surface area contributed by atoms with Gasteiger partial charge in [-0.1, -0.05) is 12.1 Å². The summed E-state index contributed by atoms with van der Waals surface area (Å²) in [6.45, 7) is 1.46. The minimum absolute atomic E-state index is 0.0799. The lowest BCUT2D eigenvalue weighted by Crippen LogP contribution is -2.30. The number of nitrogens with one attached hydrogen (secondary N) is 1. The molecule has 136 valence electrons. The monoisotopic (exact) mass is 358 g/mol. The van der Waals surface area contributed by atoms with Crippen LogP contribution < -0.4 is 11.1 Å². The van der Waals surface area contributed by atoms with Crippen LogP contribution in [0, 0.1) is 5.82 Å². The minimum Gasteiger partial charge on any atom is -0.453 e. The Bertz CT molecular complexity index is 788. The van der Waals surface area contributed by atoms with Crippen molar-refractivity contribution in [1.29, 1.82) is 0 Å². The van der Waals surface area contributed by atoms with Crippen molar-refractivity contribution in [2.75, 3.05) is 5.32 Å². The van der Waals surface area contributed by atoms with Gasteiger partial charge >= 0.3 is 5.97 Å². The van der Waals surface area contributed by atoms with Crippen LogP contribution in [-0.4, -0.2) is 23.9 Å². The molecule has 7 heteroatoms. The third kappa shape index (κ3) is 5.70. The van der Waals surface area contributed by atoms with E-state index in [2.05, 4.69) is 5.32 Å². The molecule has 0 aliphatic rings. The molecule has 6 nitrogen and oxygen atoms in total. The lowest BCUT2D eigenvalue weighted by molar-refractivity contribution is -0.153. The first kappa shape index (κ1) is 19.1. The van der Waals surface area contributed by atoms with Crippen LogP contribution in [0.4, 0.5) is 10.1 Å². The molecule has 0 unspecified atom stereocenters. The number of esters is 1. The van der Waals surface area contributed by atoms with Gasteiger partial charge in [-0.25, -0.2) is 4.39 Å². The Kier molecular flexibility index (Phi) is 6.43. The van der Waals surface area contributed by atoms with E-state index in [4.69, 9.17) is 10.5 Å². The van der Waals surface area contributed by atoms with E-state index in [9.17, 15) is 18.8 Å². The van der Waals surface area contributed by atoms with E-state index >= 15 is 0 Å². The zero-order valence-corrected chi connectivity index (χ0v) is 14.2. The molecule has 0 aromatic heterocycles. The molecule has 2 aromatic rings. The molecule has 2 aromatic carbocycles. The third-order valence-electron chi connectivity index (χ3n) is 3.65. The van der Waals surface area contributed by atoms with Crippen LogP contribution in [0.15, 0.2) is 48.5 Å². The first-order valence-corrected chi connectivity index (χ1v) is 8.00. The van der Waals surface area contributed by atoms with Gasteiger partial charge in [-0.15, -0.1) is 0 Å². The van der Waals surface area contributed by atoms with Gasteiger partial charge in [0.05, 0.1) is 0 Å². The number of primary amides is 1. The van der Waals surface area contributed by atoms with Crippen LogP contribution in [0.1, 0.15) is 29.3 Å². The smallest absolute Gasteiger partial charge is 0.306 e. The van der Waals surface area contributed by atoms with E-state index in [1.807, 2.05) is 0 Å². The Morgan fingerprint density at radius 3 is 2.27 bits per heavy atom. The molecule has 0 aliphatic heterocycles. The summed E-state index contributed by atoms with van der Waals surface area (Å²) in [6, 6.07) is 11.8. The van der Waals surface area contributed by atoms with Crippen molar-refractivity contribution in [3.05, 3.63) is 65.5 Å². The van der Waals surface area contributed by atoms with Crippen LogP contribution in [0.2, 0.25) is 0 Å². The van der Waals surface area contributed by atoms with Gasteiger partial charge in [0.2, 0.25) is 5.91 Å². The van der Waals surface area contributed by atoms with E-state index in [1.54, 1.807) is 12.1 Å². The normalized spacial score (nSPS) is 11.5. The molecule has 26 heavy (non-hydrogen) atoms. The average molecular weight is 358 g/mol. The predicted molar refractivity (Wildman–Crippen MR) is 93.9 cm³/mol. The van der Waals surface area contributed by atoms with Crippen LogP contribution in [0.25, 0.3) is 0 Å². The summed E-state index contributed by atoms with van der Waals surface area (Å²) in [5.41, 5.74) is 6.72. The van der Waals surface area contributed by atoms with Crippen molar-refractivity contribution in [2.45, 2.75) is 25.9 Å². The van der Waals surface area contributed by atoms with Crippen molar-refractivity contribution in [1.82, 2.24) is 0 Å². The van der Waals surface area contributed by atoms with Gasteiger partial charge in [0, 0.05) is 17.7 Å². The molecule has 0 saturated carbocycles. The quantitative estimate of drug-likeness (QED) is 0.743. The number of halogens is 1. The number of aryl methyl sites for hydroxylation is 1. The number of hydrogen-bond donors (Lipinski definition) is 2. The number of nitrogens with two attached hydrogens (primary N) is 1. The van der Waals surface area contributed by atoms with Gasteiger partial charge in [0.1, 0.15) is 5.82 Å². The number of carbonyl (C=O) groups excluding carboxylic acids is 3. The maximum absolute atomic E-state index is 12.8. The number of ether oxygens (including phenoxy) is 1. The summed E-state index contributed by atoms with van der Waals surface area (Å²) in [7, 11) is 0. The molecule has 0 heterocycles. The molecule has 3 N–H and O–H groups in total. The number of carbonyl (C=O) groups is 3. The van der Waals surface area contributed by atoms with Gasteiger partial charge in [-0.05, 0) is 55.3 Å². The lowest BCUT2D eigenvalue weighted by atomic mass is 10.1. The summed E-state index contributed by atoms with van der Waals surface area (Å²) >= 11 is 0. The Morgan fingerprint density at radius 1 is 1.08 bits per heavy atom. The van der Waals surface area contributed by atoms with E-state index in [0.717, 1.165) is 5.56 Å². The SMILES string of the molecule is C[C@H](OC(=O)CCc1ccc(F)cc1)C(=O)Nc1ccc(C(N)=O)cc1. The molecule has 0 bridgehead atoms. The second-order valence-corrected chi connectivity index (χ2v) is 5.69. The fourth-order valence-electron chi connectivity index (χ4n) is 2.17. The van der Waals surface area contributed by atoms with Gasteiger partial charge < -0.3 is 15.8 Å². The van der Waals surface area contributed by atoms with Crippen molar-refractivity contribution in [3.63, 3.8) is 0 Å². The van der Waals surface area contributed by atoms with E-state index < -0.39 is 23.9 Å². The van der Waals surface area contributed by atoms with Gasteiger partial charge in [-0.3, -0.25) is 14.4 Å². The number of rotatable bonds is 7. The molecular weight excluding hydrogens is 339 g/mol. The Labute approximate surface area is 150 Å². The molecule has 1 atom stereocenters. The standard InChI is InChI=1S/C19H19FN2O4/c1-12(19(25)22-16-9-5-14(6-10-16)18(21)24)26-17(23)11-4-13-2-7-15(20)8-3-13/h2-3,5-10,12H,4,11H2,1H3,(H2,21,24)(H,22,25)/t12-/m0/s1. The minimum atomic E-state index is -0.980. The predicted octanol–water partition coefficient (Wildman–Crippen LogP) is 2.43. The number of hydrogen-bond acceptors (Lipinski definition) is 4. The summed E-state index contributed by atoms with van der Waals surface area (Å²) in [6.07, 6.45) is -0.509. The second kappa shape index (κ2) is 8.75. The summed E-state index contributed by atoms with van der Waals surface area (Å²) in [5, 5.41) is 2.58. The first-order chi connectivity index (χ1) is 12.3. The molecule has 0 fully saturated rings. The maximum atomic E-state index is 12.8. The van der Waals surface area contributed by atoms with Crippen LogP contribution >= 0.6 is 0 Å². The van der Waals surface area contributed by atoms with Crippen LogP contribution in [0.5, 0.6) is 0 Å². The molecule has 0 radical (unpaired) electrons.